The van der Waals surface area contributed by atoms with Gasteiger partial charge in [0, 0.05) is 20.6 Å². The molecule has 1 rings (SSSR count). The molecule has 1 unspecified atom stereocenters. The number of hydrogen-bond donors (Lipinski definition) is 1. The van der Waals surface area contributed by atoms with Gasteiger partial charge < -0.3 is 10.0 Å². The first kappa shape index (κ1) is 12.9. The number of thiocarbonyl (C=S) groups is 1. The van der Waals surface area contributed by atoms with Crippen LogP contribution in [0.15, 0.2) is 4.99 Å². The van der Waals surface area contributed by atoms with Crippen LogP contribution in [0, 0.1) is 0 Å². The second kappa shape index (κ2) is 5.25. The molecule has 0 saturated carbocycles. The molecule has 1 saturated heterocycles. The average Bonchev–Trinajstić information content (AvgIpc) is 2.65. The van der Waals surface area contributed by atoms with Gasteiger partial charge in [-0.2, -0.15) is 0 Å². The van der Waals surface area contributed by atoms with Gasteiger partial charge in [0.05, 0.1) is 6.04 Å². The van der Waals surface area contributed by atoms with Crippen LogP contribution in [0.25, 0.3) is 0 Å². The summed E-state index contributed by atoms with van der Waals surface area (Å²) in [6, 6.07) is -0.234. The van der Waals surface area contributed by atoms with E-state index in [-0.39, 0.29) is 6.04 Å². The van der Waals surface area contributed by atoms with Crippen LogP contribution in [-0.4, -0.2) is 58.5 Å². The maximum Gasteiger partial charge on any atom is 0.407 e. The van der Waals surface area contributed by atoms with Crippen molar-refractivity contribution in [3.05, 3.63) is 0 Å². The number of carbonyl (C=O) groups is 1. The van der Waals surface area contributed by atoms with Crippen LogP contribution >= 0.6 is 12.2 Å². The fraction of sp³-hybridized carbons (Fsp3) is 0.700. The third kappa shape index (κ3) is 2.91. The summed E-state index contributed by atoms with van der Waals surface area (Å²) in [4.78, 5) is 18.9. The maximum absolute atomic E-state index is 10.9. The monoisotopic (exact) mass is 243 g/mol. The molecule has 0 aliphatic carbocycles. The Kier molecular flexibility index (Phi) is 4.23. The second-order valence-electron chi connectivity index (χ2n) is 4.03. The van der Waals surface area contributed by atoms with Crippen molar-refractivity contribution in [3.63, 3.8) is 0 Å². The van der Waals surface area contributed by atoms with E-state index >= 15 is 0 Å². The highest BCUT2D eigenvalue weighted by Crippen LogP contribution is 2.19. The predicted octanol–water partition coefficient (Wildman–Crippen LogP) is 1.44. The summed E-state index contributed by atoms with van der Waals surface area (Å²) in [5.74, 6) is 0.794. The molecule has 0 spiro atoms. The average molecular weight is 243 g/mol. The summed E-state index contributed by atoms with van der Waals surface area (Å²) in [5, 5.41) is 8.98. The quantitative estimate of drug-likeness (QED) is 0.430. The van der Waals surface area contributed by atoms with E-state index in [1.807, 2.05) is 25.9 Å². The number of likely N-dealkylation sites (tertiary alicyclic amines) is 1. The van der Waals surface area contributed by atoms with Gasteiger partial charge in [-0.1, -0.05) is 12.2 Å². The van der Waals surface area contributed by atoms with Crippen molar-refractivity contribution >= 4 is 29.1 Å². The molecule has 0 radical (unpaired) electrons. The largest absolute Gasteiger partial charge is 0.465 e. The minimum atomic E-state index is -0.914. The first-order valence-corrected chi connectivity index (χ1v) is 5.60. The molecule has 1 fully saturated rings. The third-order valence-electron chi connectivity index (χ3n) is 2.70. The van der Waals surface area contributed by atoms with Crippen molar-refractivity contribution < 1.29 is 9.90 Å². The number of aliphatic imine (C=N–C) groups is 1. The second-order valence-corrected chi connectivity index (χ2v) is 4.44. The summed E-state index contributed by atoms with van der Waals surface area (Å²) in [7, 11) is 3.76. The fourth-order valence-corrected chi connectivity index (χ4v) is 1.96. The highest BCUT2D eigenvalue weighted by Gasteiger charge is 2.31. The van der Waals surface area contributed by atoms with E-state index in [4.69, 9.17) is 17.3 Å². The van der Waals surface area contributed by atoms with Crippen LogP contribution in [0.3, 0.4) is 0 Å². The van der Waals surface area contributed by atoms with E-state index in [9.17, 15) is 4.79 Å². The summed E-state index contributed by atoms with van der Waals surface area (Å²) in [6.45, 7) is 2.41. The molecule has 1 heterocycles. The van der Waals surface area contributed by atoms with Crippen LogP contribution in [-0.2, 0) is 0 Å². The van der Waals surface area contributed by atoms with E-state index in [2.05, 4.69) is 4.99 Å². The Hall–Kier alpha value is -1.17. The lowest BCUT2D eigenvalue weighted by Gasteiger charge is -2.21. The summed E-state index contributed by atoms with van der Waals surface area (Å²) >= 11 is 5.19. The number of carboxylic acid groups (broad SMARTS) is 1. The molecule has 1 atom stereocenters. The van der Waals surface area contributed by atoms with E-state index in [1.165, 1.54) is 4.90 Å². The minimum absolute atomic E-state index is 0.234. The molecule has 1 aliphatic rings. The predicted molar refractivity (Wildman–Crippen MR) is 67.1 cm³/mol. The Morgan fingerprint density at radius 1 is 1.56 bits per heavy atom. The Labute approximate surface area is 101 Å². The molecule has 6 heteroatoms. The van der Waals surface area contributed by atoms with Crippen LogP contribution in [0.2, 0.25) is 0 Å². The first-order valence-electron chi connectivity index (χ1n) is 5.19. The molecule has 16 heavy (non-hydrogen) atoms. The third-order valence-corrected chi connectivity index (χ3v) is 3.07. The van der Waals surface area contributed by atoms with Crippen LogP contribution < -0.4 is 0 Å². The van der Waals surface area contributed by atoms with Crippen molar-refractivity contribution in [2.75, 3.05) is 20.6 Å². The van der Waals surface area contributed by atoms with E-state index in [0.29, 0.717) is 11.5 Å². The number of rotatable bonds is 1. The number of hydrogen-bond acceptors (Lipinski definition) is 2. The molecule has 1 N–H and O–H groups in total. The van der Waals surface area contributed by atoms with Crippen LogP contribution in [0.1, 0.15) is 19.8 Å². The summed E-state index contributed by atoms with van der Waals surface area (Å²) < 4.78 is 0. The molecule has 1 amide bonds. The highest BCUT2D eigenvalue weighted by atomic mass is 32.1. The van der Waals surface area contributed by atoms with E-state index < -0.39 is 6.09 Å². The topological polar surface area (TPSA) is 56.1 Å². The molecule has 0 bridgehead atoms. The van der Waals surface area contributed by atoms with E-state index in [0.717, 1.165) is 18.7 Å². The Morgan fingerprint density at radius 3 is 2.69 bits per heavy atom. The standard InChI is InChI=1S/C10H17N3O2S/c1-7(12(2)3)11-9(16)8-5-4-6-13(8)10(14)15/h8H,4-6H2,1-3H3,(H,14,15)/b11-7+. The van der Waals surface area contributed by atoms with Gasteiger partial charge in [-0.25, -0.2) is 9.79 Å². The number of amidine groups is 1. The zero-order chi connectivity index (χ0) is 12.3. The fourth-order valence-electron chi connectivity index (χ4n) is 1.59. The number of amides is 1. The van der Waals surface area contributed by atoms with Gasteiger partial charge in [-0.3, -0.25) is 4.90 Å². The molecule has 90 valence electrons. The van der Waals surface area contributed by atoms with Crippen molar-refractivity contribution in [2.45, 2.75) is 25.8 Å². The molecule has 0 aromatic heterocycles. The SMILES string of the molecule is C/C(=N\C(=S)C1CCCN1C(=O)O)N(C)C. The Balaban J connectivity index is 2.74. The van der Waals surface area contributed by atoms with Gasteiger partial charge >= 0.3 is 6.09 Å². The first-order chi connectivity index (χ1) is 7.43. The molecule has 0 aromatic rings. The Bertz CT molecular complexity index is 328. The minimum Gasteiger partial charge on any atom is -0.465 e. The van der Waals surface area contributed by atoms with Gasteiger partial charge in [-0.15, -0.1) is 0 Å². The molecule has 1 aliphatic heterocycles. The lowest BCUT2D eigenvalue weighted by Crippen LogP contribution is -2.39. The van der Waals surface area contributed by atoms with Gasteiger partial charge in [-0.05, 0) is 19.8 Å². The maximum atomic E-state index is 10.9. The van der Waals surface area contributed by atoms with Crippen molar-refractivity contribution in [2.24, 2.45) is 4.99 Å². The molecule has 0 aromatic carbocycles. The summed E-state index contributed by atoms with van der Waals surface area (Å²) in [5.41, 5.74) is 0. The van der Waals surface area contributed by atoms with Crippen LogP contribution in [0.4, 0.5) is 4.79 Å². The van der Waals surface area contributed by atoms with E-state index in [1.54, 1.807) is 0 Å². The van der Waals surface area contributed by atoms with Crippen molar-refractivity contribution in [1.82, 2.24) is 9.80 Å². The molecular weight excluding hydrogens is 226 g/mol. The Morgan fingerprint density at radius 2 is 2.19 bits per heavy atom. The van der Waals surface area contributed by atoms with Gasteiger partial charge in [0.1, 0.15) is 10.8 Å². The molecular formula is C10H17N3O2S. The van der Waals surface area contributed by atoms with Crippen molar-refractivity contribution in [3.8, 4) is 0 Å². The zero-order valence-electron chi connectivity index (χ0n) is 9.80. The zero-order valence-corrected chi connectivity index (χ0v) is 10.6. The van der Waals surface area contributed by atoms with Crippen molar-refractivity contribution in [1.29, 1.82) is 0 Å². The highest BCUT2D eigenvalue weighted by molar-refractivity contribution is 7.80. The summed E-state index contributed by atoms with van der Waals surface area (Å²) in [6.07, 6.45) is 0.714. The smallest absolute Gasteiger partial charge is 0.407 e. The lowest BCUT2D eigenvalue weighted by atomic mass is 10.2. The van der Waals surface area contributed by atoms with Crippen LogP contribution in [0.5, 0.6) is 0 Å². The molecule has 5 nitrogen and oxygen atoms in total. The normalized spacial score (nSPS) is 21.1. The number of nitrogens with zero attached hydrogens (tertiary/aromatic N) is 3. The van der Waals surface area contributed by atoms with Gasteiger partial charge in [0.15, 0.2) is 0 Å². The lowest BCUT2D eigenvalue weighted by molar-refractivity contribution is 0.150. The van der Waals surface area contributed by atoms with Gasteiger partial charge in [0.2, 0.25) is 0 Å². The van der Waals surface area contributed by atoms with Gasteiger partial charge in [0.25, 0.3) is 0 Å².